The van der Waals surface area contributed by atoms with E-state index < -0.39 is 16.0 Å². The number of ether oxygens (including phenoxy) is 1. The van der Waals surface area contributed by atoms with E-state index >= 15 is 0 Å². The Morgan fingerprint density at radius 1 is 1.44 bits per heavy atom. The van der Waals surface area contributed by atoms with Crippen molar-refractivity contribution in [1.29, 1.82) is 0 Å². The van der Waals surface area contributed by atoms with Gasteiger partial charge in [0.05, 0.1) is 18.8 Å². The van der Waals surface area contributed by atoms with Crippen LogP contribution in [0.1, 0.15) is 20.3 Å². The van der Waals surface area contributed by atoms with Crippen LogP contribution in [0.5, 0.6) is 0 Å². The van der Waals surface area contributed by atoms with Crippen LogP contribution in [-0.2, 0) is 19.6 Å². The van der Waals surface area contributed by atoms with Crippen molar-refractivity contribution < 1.29 is 23.1 Å². The van der Waals surface area contributed by atoms with Gasteiger partial charge in [-0.15, -0.1) is 0 Å². The number of aliphatic carboxylic acids is 1. The fraction of sp³-hybridized carbons (Fsp3) is 0.889. The number of rotatable bonds is 8. The van der Waals surface area contributed by atoms with Crippen molar-refractivity contribution in [3.05, 3.63) is 0 Å². The largest absolute Gasteiger partial charge is 0.481 e. The van der Waals surface area contributed by atoms with Crippen molar-refractivity contribution in [2.75, 3.05) is 26.0 Å². The Morgan fingerprint density at radius 2 is 2.00 bits per heavy atom. The molecule has 0 aromatic rings. The van der Waals surface area contributed by atoms with Gasteiger partial charge < -0.3 is 9.84 Å². The lowest BCUT2D eigenvalue weighted by atomic mass is 10.4. The molecule has 0 radical (unpaired) electrons. The molecular weight excluding hydrogens is 234 g/mol. The minimum absolute atomic E-state index is 0.200. The Bertz CT molecular complexity index is 312. The monoisotopic (exact) mass is 253 g/mol. The number of nitrogens with zero attached hydrogens (tertiary/aromatic N) is 1. The molecule has 0 unspecified atom stereocenters. The van der Waals surface area contributed by atoms with Crippen LogP contribution in [0.25, 0.3) is 0 Å². The van der Waals surface area contributed by atoms with Gasteiger partial charge >= 0.3 is 5.97 Å². The molecule has 0 bridgehead atoms. The molecular formula is C9H19NO5S. The van der Waals surface area contributed by atoms with Gasteiger partial charge in [-0.05, 0) is 13.8 Å². The molecule has 0 aliphatic heterocycles. The van der Waals surface area contributed by atoms with Crippen molar-refractivity contribution in [2.45, 2.75) is 26.3 Å². The van der Waals surface area contributed by atoms with Crippen LogP contribution in [-0.4, -0.2) is 55.9 Å². The standard InChI is InChI=1S/C9H19NO5S/c1-8(2)10(5-6-15-3)16(13,14)7-4-9(11)12/h8H,4-7H2,1-3H3,(H,11,12). The summed E-state index contributed by atoms with van der Waals surface area (Å²) in [6.07, 6.45) is -0.376. The second kappa shape index (κ2) is 6.82. The summed E-state index contributed by atoms with van der Waals surface area (Å²) in [7, 11) is -2.03. The summed E-state index contributed by atoms with van der Waals surface area (Å²) in [4.78, 5) is 10.3. The minimum atomic E-state index is -3.52. The fourth-order valence-corrected chi connectivity index (χ4v) is 2.90. The van der Waals surface area contributed by atoms with Crippen molar-refractivity contribution >= 4 is 16.0 Å². The first-order chi connectivity index (χ1) is 7.31. The van der Waals surface area contributed by atoms with E-state index in [4.69, 9.17) is 9.84 Å². The molecule has 0 saturated heterocycles. The molecule has 0 aromatic carbocycles. The van der Waals surface area contributed by atoms with E-state index in [-0.39, 0.29) is 24.8 Å². The molecule has 7 heteroatoms. The van der Waals surface area contributed by atoms with Crippen molar-refractivity contribution in [3.63, 3.8) is 0 Å². The first-order valence-electron chi connectivity index (χ1n) is 5.01. The van der Waals surface area contributed by atoms with Gasteiger partial charge in [-0.3, -0.25) is 4.79 Å². The maximum Gasteiger partial charge on any atom is 0.304 e. The van der Waals surface area contributed by atoms with E-state index in [1.165, 1.54) is 11.4 Å². The minimum Gasteiger partial charge on any atom is -0.481 e. The summed E-state index contributed by atoms with van der Waals surface area (Å²) in [5.41, 5.74) is 0. The summed E-state index contributed by atoms with van der Waals surface area (Å²) in [5, 5.41) is 8.47. The first kappa shape index (κ1) is 15.3. The summed E-state index contributed by atoms with van der Waals surface area (Å²) in [5.74, 6) is -1.48. The van der Waals surface area contributed by atoms with Gasteiger partial charge in [0.15, 0.2) is 0 Å². The lowest BCUT2D eigenvalue weighted by Crippen LogP contribution is -2.40. The average Bonchev–Trinajstić information content (AvgIpc) is 2.14. The van der Waals surface area contributed by atoms with Gasteiger partial charge in [-0.25, -0.2) is 8.42 Å². The van der Waals surface area contributed by atoms with Gasteiger partial charge in [-0.1, -0.05) is 0 Å². The lowest BCUT2D eigenvalue weighted by Gasteiger charge is -2.25. The second-order valence-corrected chi connectivity index (χ2v) is 5.70. The summed E-state index contributed by atoms with van der Waals surface area (Å²) in [6, 6.07) is -0.200. The number of carbonyl (C=O) groups is 1. The lowest BCUT2D eigenvalue weighted by molar-refractivity contribution is -0.136. The normalized spacial score (nSPS) is 12.3. The number of sulfonamides is 1. The van der Waals surface area contributed by atoms with Gasteiger partial charge in [0.2, 0.25) is 10.0 Å². The van der Waals surface area contributed by atoms with Crippen molar-refractivity contribution in [1.82, 2.24) is 4.31 Å². The van der Waals surface area contributed by atoms with E-state index in [2.05, 4.69) is 0 Å². The number of hydrogen-bond acceptors (Lipinski definition) is 4. The van der Waals surface area contributed by atoms with Crippen LogP contribution in [0.4, 0.5) is 0 Å². The molecule has 16 heavy (non-hydrogen) atoms. The van der Waals surface area contributed by atoms with Crippen LogP contribution in [0.3, 0.4) is 0 Å². The first-order valence-corrected chi connectivity index (χ1v) is 6.62. The molecule has 0 heterocycles. The third-order valence-corrected chi connectivity index (χ3v) is 4.06. The predicted octanol–water partition coefficient (Wildman–Crippen LogP) is 0.148. The Morgan fingerprint density at radius 3 is 2.38 bits per heavy atom. The topological polar surface area (TPSA) is 83.9 Å². The Kier molecular flexibility index (Phi) is 6.54. The predicted molar refractivity (Wildman–Crippen MR) is 59.8 cm³/mol. The quantitative estimate of drug-likeness (QED) is 0.665. The van der Waals surface area contributed by atoms with E-state index in [0.717, 1.165) is 0 Å². The molecule has 0 atom stereocenters. The van der Waals surface area contributed by atoms with E-state index in [9.17, 15) is 13.2 Å². The maximum absolute atomic E-state index is 11.8. The highest BCUT2D eigenvalue weighted by atomic mass is 32.2. The highest BCUT2D eigenvalue weighted by Crippen LogP contribution is 2.08. The fourth-order valence-electron chi connectivity index (χ4n) is 1.23. The van der Waals surface area contributed by atoms with Crippen molar-refractivity contribution in [3.8, 4) is 0 Å². The van der Waals surface area contributed by atoms with Crippen LogP contribution in [0, 0.1) is 0 Å². The smallest absolute Gasteiger partial charge is 0.304 e. The number of carboxylic acid groups (broad SMARTS) is 1. The summed E-state index contributed by atoms with van der Waals surface area (Å²) >= 11 is 0. The number of hydrogen-bond donors (Lipinski definition) is 1. The van der Waals surface area contributed by atoms with E-state index in [1.54, 1.807) is 13.8 Å². The van der Waals surface area contributed by atoms with Gasteiger partial charge in [0.1, 0.15) is 0 Å². The van der Waals surface area contributed by atoms with Crippen LogP contribution in [0.2, 0.25) is 0 Å². The van der Waals surface area contributed by atoms with E-state index in [1.807, 2.05) is 0 Å². The molecule has 0 aliphatic carbocycles. The maximum atomic E-state index is 11.8. The third kappa shape index (κ3) is 5.43. The van der Waals surface area contributed by atoms with Gasteiger partial charge in [0, 0.05) is 19.7 Å². The Hall–Kier alpha value is -0.660. The number of methoxy groups -OCH3 is 1. The Balaban J connectivity index is 4.56. The van der Waals surface area contributed by atoms with E-state index in [0.29, 0.717) is 6.61 Å². The summed E-state index contributed by atoms with van der Waals surface area (Å²) < 4.78 is 29.7. The molecule has 6 nitrogen and oxygen atoms in total. The third-order valence-electron chi connectivity index (χ3n) is 2.02. The molecule has 1 N–H and O–H groups in total. The van der Waals surface area contributed by atoms with Crippen LogP contribution in [0.15, 0.2) is 0 Å². The van der Waals surface area contributed by atoms with Gasteiger partial charge in [0.25, 0.3) is 0 Å². The zero-order valence-corrected chi connectivity index (χ0v) is 10.7. The average molecular weight is 253 g/mol. The van der Waals surface area contributed by atoms with Crippen LogP contribution >= 0.6 is 0 Å². The highest BCUT2D eigenvalue weighted by Gasteiger charge is 2.24. The van der Waals surface area contributed by atoms with Crippen molar-refractivity contribution in [2.24, 2.45) is 0 Å². The highest BCUT2D eigenvalue weighted by molar-refractivity contribution is 7.89. The molecule has 96 valence electrons. The van der Waals surface area contributed by atoms with Gasteiger partial charge in [-0.2, -0.15) is 4.31 Å². The molecule has 0 spiro atoms. The van der Waals surface area contributed by atoms with Crippen LogP contribution < -0.4 is 0 Å². The molecule has 0 amide bonds. The molecule has 0 rings (SSSR count). The molecule has 0 aliphatic rings. The zero-order chi connectivity index (χ0) is 12.8. The Labute approximate surface area is 96.2 Å². The molecule has 0 aromatic heterocycles. The summed E-state index contributed by atoms with van der Waals surface area (Å²) in [6.45, 7) is 4.03. The zero-order valence-electron chi connectivity index (χ0n) is 9.84. The second-order valence-electron chi connectivity index (χ2n) is 3.66. The SMILES string of the molecule is COCCN(C(C)C)S(=O)(=O)CCC(=O)O. The molecule has 0 saturated carbocycles. The number of carboxylic acids is 1. The molecule has 0 fully saturated rings.